The third-order valence-electron chi connectivity index (χ3n) is 3.35. The second kappa shape index (κ2) is 8.76. The monoisotopic (exact) mass is 340 g/mol. The summed E-state index contributed by atoms with van der Waals surface area (Å²) < 4.78 is 0. The van der Waals surface area contributed by atoms with Crippen molar-refractivity contribution in [1.82, 2.24) is 10.6 Å². The van der Waals surface area contributed by atoms with Crippen LogP contribution in [0.5, 0.6) is 0 Å². The number of hydrogen-bond donors (Lipinski definition) is 2. The van der Waals surface area contributed by atoms with Crippen LogP contribution < -0.4 is 10.6 Å². The smallest absolute Gasteiger partial charge is 0.230 e. The third-order valence-corrected chi connectivity index (χ3v) is 3.60. The number of halogens is 1. The molecular weight excluding hydrogens is 324 g/mol. The van der Waals surface area contributed by atoms with Gasteiger partial charge in [0.05, 0.1) is 12.6 Å². The molecule has 0 heterocycles. The molecule has 0 aliphatic rings. The van der Waals surface area contributed by atoms with Gasteiger partial charge in [0, 0.05) is 5.02 Å². The number of benzene rings is 2. The van der Waals surface area contributed by atoms with Crippen molar-refractivity contribution in [1.29, 1.82) is 0 Å². The Morgan fingerprint density at radius 1 is 1.00 bits per heavy atom. The highest BCUT2D eigenvalue weighted by molar-refractivity contribution is 6.30. The molecule has 0 saturated carbocycles. The molecule has 0 radical (unpaired) electrons. The van der Waals surface area contributed by atoms with Crippen LogP contribution in [0.4, 0.5) is 0 Å². The summed E-state index contributed by atoms with van der Waals surface area (Å²) in [5.74, 6) is 1.50. The maximum atomic E-state index is 12.2. The first-order chi connectivity index (χ1) is 11.6. The second-order valence-electron chi connectivity index (χ2n) is 5.12. The lowest BCUT2D eigenvalue weighted by Crippen LogP contribution is -2.34. The van der Waals surface area contributed by atoms with E-state index in [9.17, 15) is 9.59 Å². The van der Waals surface area contributed by atoms with Gasteiger partial charge in [-0.15, -0.1) is 6.42 Å². The number of terminal acetylenes is 1. The van der Waals surface area contributed by atoms with Crippen LogP contribution >= 0.6 is 11.6 Å². The first kappa shape index (κ1) is 17.6. The van der Waals surface area contributed by atoms with Crippen LogP contribution in [0.3, 0.4) is 0 Å². The summed E-state index contributed by atoms with van der Waals surface area (Å²) in [4.78, 5) is 23.8. The van der Waals surface area contributed by atoms with Crippen molar-refractivity contribution in [3.8, 4) is 12.3 Å². The molecule has 0 spiro atoms. The molecule has 24 heavy (non-hydrogen) atoms. The first-order valence-corrected chi connectivity index (χ1v) is 7.78. The molecule has 5 heteroatoms. The molecule has 122 valence electrons. The van der Waals surface area contributed by atoms with E-state index in [2.05, 4.69) is 16.6 Å². The summed E-state index contributed by atoms with van der Waals surface area (Å²) in [5, 5.41) is 5.97. The van der Waals surface area contributed by atoms with Crippen molar-refractivity contribution >= 4 is 23.4 Å². The Morgan fingerprint density at radius 3 is 2.25 bits per heavy atom. The second-order valence-corrected chi connectivity index (χ2v) is 5.56. The predicted octanol–water partition coefficient (Wildman–Crippen LogP) is 2.69. The van der Waals surface area contributed by atoms with E-state index in [4.69, 9.17) is 18.0 Å². The molecule has 2 N–H and O–H groups in total. The van der Waals surface area contributed by atoms with E-state index in [0.29, 0.717) is 5.02 Å². The topological polar surface area (TPSA) is 58.2 Å². The molecule has 4 nitrogen and oxygen atoms in total. The fraction of sp³-hybridized carbons (Fsp3) is 0.158. The van der Waals surface area contributed by atoms with Gasteiger partial charge in [0.25, 0.3) is 0 Å². The van der Waals surface area contributed by atoms with E-state index in [1.165, 1.54) is 0 Å². The molecule has 0 aliphatic carbocycles. The highest BCUT2D eigenvalue weighted by Crippen LogP contribution is 2.23. The molecule has 0 aromatic heterocycles. The normalized spacial score (nSPS) is 11.2. The first-order valence-electron chi connectivity index (χ1n) is 7.40. The minimum atomic E-state index is -0.409. The van der Waals surface area contributed by atoms with Gasteiger partial charge < -0.3 is 10.6 Å². The largest absolute Gasteiger partial charge is 0.345 e. The maximum Gasteiger partial charge on any atom is 0.230 e. The zero-order valence-electron chi connectivity index (χ0n) is 13.0. The zero-order chi connectivity index (χ0) is 17.4. The molecule has 0 saturated heterocycles. The molecule has 0 unspecified atom stereocenters. The molecule has 2 aromatic rings. The van der Waals surface area contributed by atoms with E-state index in [0.717, 1.165) is 11.1 Å². The molecule has 1 atom stereocenters. The minimum Gasteiger partial charge on any atom is -0.345 e. The summed E-state index contributed by atoms with van der Waals surface area (Å²) in [7, 11) is 0. The minimum absolute atomic E-state index is 0.103. The molecule has 0 bridgehead atoms. The van der Waals surface area contributed by atoms with Gasteiger partial charge >= 0.3 is 0 Å². The van der Waals surface area contributed by atoms with Gasteiger partial charge in [-0.05, 0) is 23.3 Å². The van der Waals surface area contributed by atoms with Gasteiger partial charge in [0.15, 0.2) is 0 Å². The lowest BCUT2D eigenvalue weighted by Gasteiger charge is -2.20. The van der Waals surface area contributed by atoms with Gasteiger partial charge in [0.1, 0.15) is 6.42 Å². The molecule has 0 aliphatic heterocycles. The van der Waals surface area contributed by atoms with Crippen LogP contribution in [-0.2, 0) is 9.59 Å². The van der Waals surface area contributed by atoms with Crippen LogP contribution in [0.25, 0.3) is 0 Å². The number of amides is 2. The van der Waals surface area contributed by atoms with E-state index >= 15 is 0 Å². The van der Waals surface area contributed by atoms with Gasteiger partial charge in [-0.3, -0.25) is 9.59 Å². The van der Waals surface area contributed by atoms with Crippen LogP contribution in [-0.4, -0.2) is 18.4 Å². The van der Waals surface area contributed by atoms with Crippen LogP contribution in [0.1, 0.15) is 23.6 Å². The molecular formula is C19H17ClN2O2. The van der Waals surface area contributed by atoms with E-state index in [-0.39, 0.29) is 24.9 Å². The molecule has 0 fully saturated rings. The summed E-state index contributed by atoms with van der Waals surface area (Å²) in [5.41, 5.74) is 1.79. The van der Waals surface area contributed by atoms with Crippen molar-refractivity contribution in [3.63, 3.8) is 0 Å². The number of carbonyl (C=O) groups is 2. The van der Waals surface area contributed by atoms with Crippen LogP contribution in [0.2, 0.25) is 5.02 Å². The fourth-order valence-corrected chi connectivity index (χ4v) is 2.36. The summed E-state index contributed by atoms with van der Waals surface area (Å²) >= 11 is 5.93. The number of nitrogens with one attached hydrogen (secondary N) is 2. The van der Waals surface area contributed by atoms with Crippen molar-refractivity contribution in [3.05, 3.63) is 70.7 Å². The Bertz CT molecular complexity index is 736. The SMILES string of the molecule is C#CCNC(=O)CC(=O)N[C@@H](c1ccccc1)c1ccc(Cl)cc1. The van der Waals surface area contributed by atoms with Gasteiger partial charge in [-0.1, -0.05) is 60.0 Å². The Morgan fingerprint density at radius 2 is 1.62 bits per heavy atom. The van der Waals surface area contributed by atoms with Gasteiger partial charge in [-0.2, -0.15) is 0 Å². The number of hydrogen-bond acceptors (Lipinski definition) is 2. The fourth-order valence-electron chi connectivity index (χ4n) is 2.23. The Balaban J connectivity index is 2.15. The maximum absolute atomic E-state index is 12.2. The quantitative estimate of drug-likeness (QED) is 0.627. The van der Waals surface area contributed by atoms with Crippen molar-refractivity contribution < 1.29 is 9.59 Å². The zero-order valence-corrected chi connectivity index (χ0v) is 13.7. The van der Waals surface area contributed by atoms with Crippen molar-refractivity contribution in [2.24, 2.45) is 0 Å². The van der Waals surface area contributed by atoms with Gasteiger partial charge in [-0.25, -0.2) is 0 Å². The van der Waals surface area contributed by atoms with Crippen LogP contribution in [0.15, 0.2) is 54.6 Å². The van der Waals surface area contributed by atoms with Gasteiger partial charge in [0.2, 0.25) is 11.8 Å². The molecule has 2 aromatic carbocycles. The molecule has 2 amide bonds. The lowest BCUT2D eigenvalue weighted by atomic mass is 9.98. The summed E-state index contributed by atoms with van der Waals surface area (Å²) in [6.45, 7) is 0.103. The van der Waals surface area contributed by atoms with E-state index in [1.54, 1.807) is 12.1 Å². The summed E-state index contributed by atoms with van der Waals surface area (Å²) in [6.07, 6.45) is 4.80. The number of carbonyl (C=O) groups excluding carboxylic acids is 2. The van der Waals surface area contributed by atoms with E-state index < -0.39 is 5.91 Å². The van der Waals surface area contributed by atoms with Crippen molar-refractivity contribution in [2.75, 3.05) is 6.54 Å². The Kier molecular flexibility index (Phi) is 6.41. The summed E-state index contributed by atoms with van der Waals surface area (Å²) in [6, 6.07) is 16.4. The average Bonchev–Trinajstić information content (AvgIpc) is 2.59. The van der Waals surface area contributed by atoms with E-state index in [1.807, 2.05) is 42.5 Å². The lowest BCUT2D eigenvalue weighted by molar-refractivity contribution is -0.129. The van der Waals surface area contributed by atoms with Crippen molar-refractivity contribution in [2.45, 2.75) is 12.5 Å². The van der Waals surface area contributed by atoms with Crippen LogP contribution in [0, 0.1) is 12.3 Å². The Labute approximate surface area is 146 Å². The standard InChI is InChI=1S/C19H17ClN2O2/c1-2-12-21-17(23)13-18(24)22-19(14-6-4-3-5-7-14)15-8-10-16(20)11-9-15/h1,3-11,19H,12-13H2,(H,21,23)(H,22,24)/t19-/m0/s1. The third kappa shape index (κ3) is 5.15. The Hall–Kier alpha value is -2.77. The highest BCUT2D eigenvalue weighted by atomic mass is 35.5. The average molecular weight is 341 g/mol. The predicted molar refractivity (Wildman–Crippen MR) is 94.3 cm³/mol. The number of rotatable bonds is 6. The molecule has 2 rings (SSSR count). The highest BCUT2D eigenvalue weighted by Gasteiger charge is 2.18.